The summed E-state index contributed by atoms with van der Waals surface area (Å²) in [4.78, 5) is 31.0. The zero-order chi connectivity index (χ0) is 35.1. The van der Waals surface area contributed by atoms with Crippen LogP contribution >= 0.6 is 11.6 Å². The molecule has 0 unspecified atom stereocenters. The Bertz CT molecular complexity index is 1590. The number of esters is 1. The number of ether oxygens (including phenoxy) is 2. The number of amides is 1. The van der Waals surface area contributed by atoms with Crippen molar-refractivity contribution in [3.63, 3.8) is 0 Å². The predicted molar refractivity (Wildman–Crippen MR) is 199 cm³/mol. The lowest BCUT2D eigenvalue weighted by molar-refractivity contribution is -0.145. The van der Waals surface area contributed by atoms with Gasteiger partial charge in [0.1, 0.15) is 5.75 Å². The van der Waals surface area contributed by atoms with E-state index in [1.165, 1.54) is 18.2 Å². The van der Waals surface area contributed by atoms with Gasteiger partial charge in [0.2, 0.25) is 5.91 Å². The molecule has 9 heteroatoms. The van der Waals surface area contributed by atoms with Crippen LogP contribution in [0.3, 0.4) is 0 Å². The van der Waals surface area contributed by atoms with Gasteiger partial charge in [-0.25, -0.2) is 0 Å². The van der Waals surface area contributed by atoms with Gasteiger partial charge >= 0.3 is 5.97 Å². The predicted octanol–water partition coefficient (Wildman–Crippen LogP) is 8.29. The number of hydrogen-bond donors (Lipinski definition) is 0. The number of methoxy groups -OCH3 is 1. The SMILES string of the molecule is COC(=O)[C@@H]1CC(=O)N(C)CC/C=C/[C@H](O[Si](C)(C)C(C)(C)C)[C@@H]2CC[C@H]2CN2C[C@@]3(CCCc4cc(Cl)ccc43)COc3ccc1cc32. The minimum Gasteiger partial charge on any atom is -0.490 e. The van der Waals surface area contributed by atoms with E-state index in [9.17, 15) is 9.59 Å². The van der Waals surface area contributed by atoms with Crippen molar-refractivity contribution in [2.45, 2.75) is 101 Å². The molecule has 49 heavy (non-hydrogen) atoms. The van der Waals surface area contributed by atoms with Crippen molar-refractivity contribution >= 4 is 37.5 Å². The fraction of sp³-hybridized carbons (Fsp3) is 0.600. The highest BCUT2D eigenvalue weighted by atomic mass is 35.5. The summed E-state index contributed by atoms with van der Waals surface area (Å²) < 4.78 is 19.2. The van der Waals surface area contributed by atoms with Crippen molar-refractivity contribution in [2.24, 2.45) is 11.8 Å². The van der Waals surface area contributed by atoms with E-state index in [0.717, 1.165) is 73.6 Å². The quantitative estimate of drug-likeness (QED) is 0.182. The Morgan fingerprint density at radius 2 is 1.92 bits per heavy atom. The minimum absolute atomic E-state index is 0.0257. The Morgan fingerprint density at radius 3 is 2.63 bits per heavy atom. The maximum atomic E-state index is 13.5. The number of rotatable bonds is 3. The standard InChI is InChI=1S/C40H55ClN2O5Si/c1-39(2,3)49(6,7)48-35-12-8-9-20-42(4)37(44)23-32(38(45)46-5)27-14-18-36-34(22-27)43(24-29-13-16-31(29)35)25-40(26-47-36)19-10-11-28-21-30(41)15-17-33(28)40/h8,12,14-15,17-18,21-22,29,31-32,35H,9-11,13,16,19-20,23-26H2,1-7H3/b12-8+/t29-,31+,32+,35-,40-/m0/s1. The number of carbonyl (C=O) groups is 2. The second-order valence-corrected chi connectivity index (χ2v) is 21.7. The summed E-state index contributed by atoms with van der Waals surface area (Å²) in [5, 5.41) is 0.870. The average molecular weight is 707 g/mol. The third kappa shape index (κ3) is 7.34. The maximum absolute atomic E-state index is 13.5. The zero-order valence-electron chi connectivity index (χ0n) is 30.5. The van der Waals surface area contributed by atoms with Crippen molar-refractivity contribution in [1.29, 1.82) is 0 Å². The summed E-state index contributed by atoms with van der Waals surface area (Å²) in [6.45, 7) is 14.4. The van der Waals surface area contributed by atoms with Crippen LogP contribution in [0.15, 0.2) is 48.6 Å². The van der Waals surface area contributed by atoms with Gasteiger partial charge in [-0.2, -0.15) is 0 Å². The van der Waals surface area contributed by atoms with E-state index >= 15 is 0 Å². The second-order valence-electron chi connectivity index (χ2n) is 16.5. The Labute approximate surface area is 299 Å². The molecule has 1 amide bonds. The van der Waals surface area contributed by atoms with Crippen LogP contribution in [0, 0.1) is 11.8 Å². The van der Waals surface area contributed by atoms with Crippen LogP contribution in [0.1, 0.15) is 81.9 Å². The van der Waals surface area contributed by atoms with Crippen LogP contribution in [0.5, 0.6) is 5.75 Å². The fourth-order valence-corrected chi connectivity index (χ4v) is 9.59. The molecule has 4 aliphatic rings. The van der Waals surface area contributed by atoms with Crippen LogP contribution in [0.4, 0.5) is 5.69 Å². The molecule has 7 nitrogen and oxygen atoms in total. The summed E-state index contributed by atoms with van der Waals surface area (Å²) in [5.74, 6) is 0.466. The molecule has 5 atom stereocenters. The number of benzene rings is 2. The molecule has 1 saturated carbocycles. The van der Waals surface area contributed by atoms with Gasteiger partial charge in [-0.15, -0.1) is 0 Å². The highest BCUT2D eigenvalue weighted by Gasteiger charge is 2.47. The first-order valence-corrected chi connectivity index (χ1v) is 21.5. The molecule has 0 radical (unpaired) electrons. The number of nitrogens with zero attached hydrogens (tertiary/aromatic N) is 2. The molecule has 2 bridgehead atoms. The van der Waals surface area contributed by atoms with E-state index < -0.39 is 20.2 Å². The third-order valence-corrected chi connectivity index (χ3v) is 17.0. The van der Waals surface area contributed by atoms with Crippen molar-refractivity contribution in [1.82, 2.24) is 4.90 Å². The lowest BCUT2D eigenvalue weighted by Crippen LogP contribution is -2.52. The van der Waals surface area contributed by atoms with Gasteiger partial charge in [0, 0.05) is 43.5 Å². The van der Waals surface area contributed by atoms with E-state index in [4.69, 9.17) is 25.5 Å². The largest absolute Gasteiger partial charge is 0.490 e. The topological polar surface area (TPSA) is 68.3 Å². The summed E-state index contributed by atoms with van der Waals surface area (Å²) in [6, 6.07) is 12.4. The smallest absolute Gasteiger partial charge is 0.313 e. The van der Waals surface area contributed by atoms with Gasteiger partial charge in [-0.3, -0.25) is 9.59 Å². The molecule has 266 valence electrons. The van der Waals surface area contributed by atoms with E-state index in [1.54, 1.807) is 4.90 Å². The van der Waals surface area contributed by atoms with Gasteiger partial charge in [0.25, 0.3) is 0 Å². The van der Waals surface area contributed by atoms with Crippen molar-refractivity contribution < 1.29 is 23.5 Å². The first-order chi connectivity index (χ1) is 23.2. The molecule has 2 aromatic carbocycles. The molecule has 2 aromatic rings. The van der Waals surface area contributed by atoms with Crippen LogP contribution in [-0.2, 0) is 30.6 Å². The number of fused-ring (bicyclic) bond motifs is 4. The van der Waals surface area contributed by atoms with Gasteiger partial charge in [0.15, 0.2) is 8.32 Å². The normalized spacial score (nSPS) is 28.4. The summed E-state index contributed by atoms with van der Waals surface area (Å²) in [6.07, 6.45) is 10.7. The van der Waals surface area contributed by atoms with E-state index in [-0.39, 0.29) is 28.9 Å². The average Bonchev–Trinajstić information content (AvgIpc) is 3.18. The Hall–Kier alpha value is -2.81. The van der Waals surface area contributed by atoms with Crippen molar-refractivity contribution in [3.05, 3.63) is 70.3 Å². The molecule has 2 aliphatic carbocycles. The van der Waals surface area contributed by atoms with E-state index in [2.05, 4.69) is 69.1 Å². The number of anilines is 1. The first kappa shape index (κ1) is 36.0. The van der Waals surface area contributed by atoms with Crippen molar-refractivity contribution in [2.75, 3.05) is 45.3 Å². The highest BCUT2D eigenvalue weighted by Crippen LogP contribution is 2.48. The zero-order valence-corrected chi connectivity index (χ0v) is 32.3. The number of hydrogen-bond acceptors (Lipinski definition) is 6. The number of aryl methyl sites for hydroxylation is 1. The molecular formula is C40H55ClN2O5Si. The molecule has 1 spiro atoms. The molecule has 2 aliphatic heterocycles. The van der Waals surface area contributed by atoms with E-state index in [0.29, 0.717) is 25.0 Å². The third-order valence-electron chi connectivity index (χ3n) is 12.3. The van der Waals surface area contributed by atoms with Gasteiger partial charge in [0.05, 0.1) is 31.4 Å². The lowest BCUT2D eigenvalue weighted by Gasteiger charge is -2.48. The number of carbonyl (C=O) groups excluding carboxylic acids is 2. The summed E-state index contributed by atoms with van der Waals surface area (Å²) in [5.41, 5.74) is 4.21. The summed E-state index contributed by atoms with van der Waals surface area (Å²) in [7, 11) is 1.16. The minimum atomic E-state index is -2.06. The molecule has 0 aromatic heterocycles. The van der Waals surface area contributed by atoms with Gasteiger partial charge in [-0.05, 0) is 109 Å². The van der Waals surface area contributed by atoms with Gasteiger partial charge < -0.3 is 23.7 Å². The molecule has 0 N–H and O–H groups in total. The molecule has 2 heterocycles. The van der Waals surface area contributed by atoms with Crippen LogP contribution in [-0.4, -0.2) is 71.6 Å². The Balaban J connectivity index is 1.44. The molecular weight excluding hydrogens is 652 g/mol. The Kier molecular flexibility index (Phi) is 10.3. The Morgan fingerprint density at radius 1 is 1.12 bits per heavy atom. The van der Waals surface area contributed by atoms with Crippen LogP contribution in [0.2, 0.25) is 23.2 Å². The molecule has 1 fully saturated rings. The maximum Gasteiger partial charge on any atom is 0.313 e. The van der Waals surface area contributed by atoms with E-state index in [1.807, 2.05) is 25.2 Å². The lowest BCUT2D eigenvalue weighted by atomic mass is 9.68. The monoisotopic (exact) mass is 706 g/mol. The van der Waals surface area contributed by atoms with Crippen LogP contribution in [0.25, 0.3) is 0 Å². The second kappa shape index (κ2) is 14.1. The number of halogens is 1. The van der Waals surface area contributed by atoms with Crippen LogP contribution < -0.4 is 9.64 Å². The highest BCUT2D eigenvalue weighted by molar-refractivity contribution is 6.74. The summed E-state index contributed by atoms with van der Waals surface area (Å²) >= 11 is 6.50. The first-order valence-electron chi connectivity index (χ1n) is 18.2. The molecule has 6 rings (SSSR count). The fourth-order valence-electron chi connectivity index (χ4n) is 8.10. The van der Waals surface area contributed by atoms with Crippen molar-refractivity contribution in [3.8, 4) is 5.75 Å². The molecule has 0 saturated heterocycles. The van der Waals surface area contributed by atoms with Gasteiger partial charge in [-0.1, -0.05) is 56.7 Å².